The molecular formula is C14H30O2. The highest BCUT2D eigenvalue weighted by molar-refractivity contribution is 4.73. The van der Waals surface area contributed by atoms with E-state index < -0.39 is 0 Å². The molecule has 0 heterocycles. The third-order valence-electron chi connectivity index (χ3n) is 3.07. The Morgan fingerprint density at radius 1 is 1.00 bits per heavy atom. The zero-order valence-electron chi connectivity index (χ0n) is 11.8. The van der Waals surface area contributed by atoms with Gasteiger partial charge in [0.25, 0.3) is 0 Å². The molecule has 0 fully saturated rings. The Bertz CT molecular complexity index is 146. The van der Waals surface area contributed by atoms with Gasteiger partial charge in [0.15, 0.2) is 0 Å². The van der Waals surface area contributed by atoms with E-state index in [9.17, 15) is 0 Å². The minimum absolute atomic E-state index is 0.372. The molecule has 0 rings (SSSR count). The minimum Gasteiger partial charge on any atom is -0.381 e. The van der Waals surface area contributed by atoms with E-state index in [2.05, 4.69) is 34.6 Å². The fourth-order valence-electron chi connectivity index (χ4n) is 2.02. The second kappa shape index (κ2) is 10.1. The van der Waals surface area contributed by atoms with Gasteiger partial charge in [0, 0.05) is 19.1 Å². The van der Waals surface area contributed by atoms with Crippen molar-refractivity contribution in [2.75, 3.05) is 19.8 Å². The molecule has 0 aliphatic rings. The molecule has 0 N–H and O–H groups in total. The lowest BCUT2D eigenvalue weighted by Crippen LogP contribution is -2.32. The summed E-state index contributed by atoms with van der Waals surface area (Å²) in [7, 11) is 0. The van der Waals surface area contributed by atoms with E-state index in [0.717, 1.165) is 19.8 Å². The smallest absolute Gasteiger partial charge is 0.0627 e. The Morgan fingerprint density at radius 2 is 1.69 bits per heavy atom. The second-order valence-corrected chi connectivity index (χ2v) is 4.70. The summed E-state index contributed by atoms with van der Waals surface area (Å²) in [6, 6.07) is 0. The molecule has 16 heavy (non-hydrogen) atoms. The van der Waals surface area contributed by atoms with Crippen LogP contribution in [0.25, 0.3) is 0 Å². The fraction of sp³-hybridized carbons (Fsp3) is 1.00. The van der Waals surface area contributed by atoms with Crippen LogP contribution < -0.4 is 0 Å². The van der Waals surface area contributed by atoms with Gasteiger partial charge in [0.2, 0.25) is 0 Å². The highest BCUT2D eigenvalue weighted by atomic mass is 16.5. The topological polar surface area (TPSA) is 18.5 Å². The summed E-state index contributed by atoms with van der Waals surface area (Å²) in [5.41, 5.74) is 0. The second-order valence-electron chi connectivity index (χ2n) is 4.70. The molecule has 0 radical (unpaired) electrons. The van der Waals surface area contributed by atoms with Crippen LogP contribution in [0, 0.1) is 11.8 Å². The summed E-state index contributed by atoms with van der Waals surface area (Å²) in [6.45, 7) is 13.3. The molecule has 0 aromatic rings. The molecule has 2 atom stereocenters. The first-order valence-electron chi connectivity index (χ1n) is 6.86. The third kappa shape index (κ3) is 6.49. The van der Waals surface area contributed by atoms with Crippen molar-refractivity contribution in [2.45, 2.75) is 60.0 Å². The molecule has 98 valence electrons. The summed E-state index contributed by atoms with van der Waals surface area (Å²) >= 11 is 0. The first-order chi connectivity index (χ1) is 7.67. The Balaban J connectivity index is 4.26. The van der Waals surface area contributed by atoms with Gasteiger partial charge < -0.3 is 9.47 Å². The maximum absolute atomic E-state index is 5.88. The van der Waals surface area contributed by atoms with Gasteiger partial charge in [-0.15, -0.1) is 0 Å². The SMILES string of the molecule is CCCCC(OCC)C(COCC)C(C)C. The van der Waals surface area contributed by atoms with Crippen LogP contribution in [0.15, 0.2) is 0 Å². The molecule has 0 aliphatic carbocycles. The van der Waals surface area contributed by atoms with Crippen LogP contribution in [0.5, 0.6) is 0 Å². The highest BCUT2D eigenvalue weighted by Gasteiger charge is 2.24. The van der Waals surface area contributed by atoms with Crippen molar-refractivity contribution in [1.29, 1.82) is 0 Å². The summed E-state index contributed by atoms with van der Waals surface area (Å²) in [6.07, 6.45) is 4.03. The molecule has 0 spiro atoms. The average Bonchev–Trinajstić information content (AvgIpc) is 2.25. The number of unbranched alkanes of at least 4 members (excludes halogenated alkanes) is 1. The van der Waals surface area contributed by atoms with Crippen molar-refractivity contribution in [3.8, 4) is 0 Å². The number of ether oxygens (including phenoxy) is 2. The van der Waals surface area contributed by atoms with Crippen molar-refractivity contribution >= 4 is 0 Å². The lowest BCUT2D eigenvalue weighted by atomic mass is 9.88. The molecular weight excluding hydrogens is 200 g/mol. The number of rotatable bonds is 10. The summed E-state index contributed by atoms with van der Waals surface area (Å²) in [4.78, 5) is 0. The van der Waals surface area contributed by atoms with E-state index in [1.807, 2.05) is 0 Å². The van der Waals surface area contributed by atoms with Crippen molar-refractivity contribution < 1.29 is 9.47 Å². The van der Waals surface area contributed by atoms with Gasteiger partial charge in [-0.2, -0.15) is 0 Å². The Labute approximate surface area is 102 Å². The molecule has 0 aromatic heterocycles. The van der Waals surface area contributed by atoms with Gasteiger partial charge >= 0.3 is 0 Å². The monoisotopic (exact) mass is 230 g/mol. The lowest BCUT2D eigenvalue weighted by molar-refractivity contribution is -0.0373. The van der Waals surface area contributed by atoms with Crippen molar-refractivity contribution in [2.24, 2.45) is 11.8 Å². The molecule has 0 aliphatic heterocycles. The maximum Gasteiger partial charge on any atom is 0.0627 e. The highest BCUT2D eigenvalue weighted by Crippen LogP contribution is 2.23. The average molecular weight is 230 g/mol. The predicted molar refractivity (Wildman–Crippen MR) is 69.8 cm³/mol. The Hall–Kier alpha value is -0.0800. The molecule has 0 aromatic carbocycles. The van der Waals surface area contributed by atoms with Crippen LogP contribution in [0.3, 0.4) is 0 Å². The maximum atomic E-state index is 5.88. The Morgan fingerprint density at radius 3 is 2.12 bits per heavy atom. The summed E-state index contributed by atoms with van der Waals surface area (Å²) in [5.74, 6) is 1.16. The molecule has 0 amide bonds. The molecule has 0 bridgehead atoms. The molecule has 0 saturated carbocycles. The minimum atomic E-state index is 0.372. The van der Waals surface area contributed by atoms with Gasteiger partial charge in [0.05, 0.1) is 12.7 Å². The zero-order chi connectivity index (χ0) is 12.4. The van der Waals surface area contributed by atoms with E-state index in [1.165, 1.54) is 19.3 Å². The lowest BCUT2D eigenvalue weighted by Gasteiger charge is -2.29. The van der Waals surface area contributed by atoms with Crippen LogP contribution in [0.4, 0.5) is 0 Å². The normalized spacial score (nSPS) is 15.4. The third-order valence-corrected chi connectivity index (χ3v) is 3.07. The summed E-state index contributed by atoms with van der Waals surface area (Å²) < 4.78 is 11.5. The predicted octanol–water partition coefficient (Wildman–Crippen LogP) is 3.89. The van der Waals surface area contributed by atoms with Crippen LogP contribution in [0.1, 0.15) is 53.9 Å². The van der Waals surface area contributed by atoms with Crippen LogP contribution in [-0.2, 0) is 9.47 Å². The van der Waals surface area contributed by atoms with Crippen LogP contribution in [0.2, 0.25) is 0 Å². The number of hydrogen-bond donors (Lipinski definition) is 0. The van der Waals surface area contributed by atoms with E-state index >= 15 is 0 Å². The zero-order valence-corrected chi connectivity index (χ0v) is 11.8. The van der Waals surface area contributed by atoms with E-state index in [1.54, 1.807) is 0 Å². The van der Waals surface area contributed by atoms with Gasteiger partial charge in [0.1, 0.15) is 0 Å². The largest absolute Gasteiger partial charge is 0.381 e. The van der Waals surface area contributed by atoms with Gasteiger partial charge in [-0.25, -0.2) is 0 Å². The van der Waals surface area contributed by atoms with Crippen molar-refractivity contribution in [3.05, 3.63) is 0 Å². The fourth-order valence-corrected chi connectivity index (χ4v) is 2.02. The first-order valence-corrected chi connectivity index (χ1v) is 6.86. The van der Waals surface area contributed by atoms with E-state index in [0.29, 0.717) is 17.9 Å². The number of hydrogen-bond acceptors (Lipinski definition) is 2. The van der Waals surface area contributed by atoms with Crippen LogP contribution >= 0.6 is 0 Å². The van der Waals surface area contributed by atoms with E-state index in [4.69, 9.17) is 9.47 Å². The van der Waals surface area contributed by atoms with Crippen molar-refractivity contribution in [3.63, 3.8) is 0 Å². The Kier molecular flexibility index (Phi) is 10.0. The standard InChI is InChI=1S/C14H30O2/c1-6-9-10-14(16-8-3)13(12(4)5)11-15-7-2/h12-14H,6-11H2,1-5H3. The van der Waals surface area contributed by atoms with Gasteiger partial charge in [-0.05, 0) is 26.2 Å². The quantitative estimate of drug-likeness (QED) is 0.567. The molecule has 0 saturated heterocycles. The van der Waals surface area contributed by atoms with Crippen molar-refractivity contribution in [1.82, 2.24) is 0 Å². The first kappa shape index (κ1) is 15.9. The summed E-state index contributed by atoms with van der Waals surface area (Å²) in [5, 5.41) is 0. The molecule has 2 nitrogen and oxygen atoms in total. The van der Waals surface area contributed by atoms with Gasteiger partial charge in [-0.3, -0.25) is 0 Å². The molecule has 2 heteroatoms. The van der Waals surface area contributed by atoms with E-state index in [-0.39, 0.29) is 0 Å². The molecule has 2 unspecified atom stereocenters. The van der Waals surface area contributed by atoms with Crippen LogP contribution in [-0.4, -0.2) is 25.9 Å². The van der Waals surface area contributed by atoms with Gasteiger partial charge in [-0.1, -0.05) is 33.6 Å².